The maximum atomic E-state index is 12.4. The number of allylic oxidation sites excluding steroid dienone is 1. The van der Waals surface area contributed by atoms with Crippen LogP contribution in [0.25, 0.3) is 6.08 Å². The molecule has 1 amide bonds. The van der Waals surface area contributed by atoms with Crippen LogP contribution in [0.3, 0.4) is 0 Å². The Kier molecular flexibility index (Phi) is 4.70. The van der Waals surface area contributed by atoms with E-state index in [-0.39, 0.29) is 18.1 Å². The number of nitrogens with two attached hydrogens (primary N) is 1. The fraction of sp³-hybridized carbons (Fsp3) is 0.158. The summed E-state index contributed by atoms with van der Waals surface area (Å²) in [6, 6.07) is 12.1. The Morgan fingerprint density at radius 3 is 2.52 bits per heavy atom. The van der Waals surface area contributed by atoms with Crippen LogP contribution in [0.5, 0.6) is 17.2 Å². The van der Waals surface area contributed by atoms with Crippen LogP contribution in [0.4, 0.5) is 0 Å². The molecule has 25 heavy (non-hydrogen) atoms. The fourth-order valence-corrected chi connectivity index (χ4v) is 2.39. The Morgan fingerprint density at radius 2 is 1.84 bits per heavy atom. The molecular weight excluding hydrogens is 322 g/mol. The molecular formula is C19H17NO5. The van der Waals surface area contributed by atoms with Gasteiger partial charge in [-0.05, 0) is 42.8 Å². The standard InChI is InChI=1S/C19H17NO5/c1-2-23-13-5-3-12(4-6-13)9-17-19(22)15-8-7-14(10-16(15)25-17)24-11-18(20)21/h3-10H,2,11H2,1H3,(H2,20,21)/b17-9-. The zero-order valence-electron chi connectivity index (χ0n) is 13.7. The topological polar surface area (TPSA) is 87.8 Å². The summed E-state index contributed by atoms with van der Waals surface area (Å²) in [5, 5.41) is 0. The highest BCUT2D eigenvalue weighted by molar-refractivity contribution is 6.14. The number of ketones is 1. The monoisotopic (exact) mass is 339 g/mol. The van der Waals surface area contributed by atoms with Gasteiger partial charge in [0, 0.05) is 6.07 Å². The van der Waals surface area contributed by atoms with Crippen LogP contribution in [-0.2, 0) is 4.79 Å². The lowest BCUT2D eigenvalue weighted by Gasteiger charge is -2.05. The number of rotatable bonds is 6. The van der Waals surface area contributed by atoms with Crippen LogP contribution in [0, 0.1) is 0 Å². The molecule has 0 aliphatic carbocycles. The number of benzene rings is 2. The predicted molar refractivity (Wildman–Crippen MR) is 91.7 cm³/mol. The molecule has 0 fully saturated rings. The van der Waals surface area contributed by atoms with E-state index >= 15 is 0 Å². The van der Waals surface area contributed by atoms with E-state index in [0.717, 1.165) is 11.3 Å². The van der Waals surface area contributed by atoms with Crippen molar-refractivity contribution in [2.75, 3.05) is 13.2 Å². The minimum absolute atomic E-state index is 0.203. The zero-order chi connectivity index (χ0) is 17.8. The molecule has 128 valence electrons. The van der Waals surface area contributed by atoms with E-state index in [0.29, 0.717) is 23.7 Å². The number of amides is 1. The Balaban J connectivity index is 1.78. The highest BCUT2D eigenvalue weighted by Crippen LogP contribution is 2.35. The van der Waals surface area contributed by atoms with Crippen LogP contribution in [0.15, 0.2) is 48.2 Å². The van der Waals surface area contributed by atoms with E-state index in [1.54, 1.807) is 24.3 Å². The van der Waals surface area contributed by atoms with Crippen molar-refractivity contribution in [3.63, 3.8) is 0 Å². The Labute approximate surface area is 144 Å². The second kappa shape index (κ2) is 7.09. The highest BCUT2D eigenvalue weighted by atomic mass is 16.5. The van der Waals surface area contributed by atoms with Crippen molar-refractivity contribution >= 4 is 17.8 Å². The van der Waals surface area contributed by atoms with Crippen molar-refractivity contribution < 1.29 is 23.8 Å². The van der Waals surface area contributed by atoms with Crippen molar-refractivity contribution in [3.05, 3.63) is 59.4 Å². The molecule has 1 heterocycles. The second-order valence-electron chi connectivity index (χ2n) is 5.35. The first-order valence-electron chi connectivity index (χ1n) is 7.79. The minimum Gasteiger partial charge on any atom is -0.494 e. The van der Waals surface area contributed by atoms with Gasteiger partial charge in [-0.25, -0.2) is 0 Å². The molecule has 1 aliphatic heterocycles. The lowest BCUT2D eigenvalue weighted by molar-refractivity contribution is -0.119. The molecule has 0 spiro atoms. The summed E-state index contributed by atoms with van der Waals surface area (Å²) in [5.41, 5.74) is 6.32. The Hall–Kier alpha value is -3.28. The quantitative estimate of drug-likeness (QED) is 0.817. The lowest BCUT2D eigenvalue weighted by atomic mass is 10.1. The molecule has 0 radical (unpaired) electrons. The smallest absolute Gasteiger partial charge is 0.255 e. The number of Topliss-reactive ketones (excluding diaryl/α,β-unsaturated/α-hetero) is 1. The molecule has 0 atom stereocenters. The third-order valence-electron chi connectivity index (χ3n) is 3.51. The van der Waals surface area contributed by atoms with Crippen molar-refractivity contribution in [1.82, 2.24) is 0 Å². The average Bonchev–Trinajstić information content (AvgIpc) is 2.90. The summed E-state index contributed by atoms with van der Waals surface area (Å²) in [6.07, 6.45) is 1.67. The van der Waals surface area contributed by atoms with Gasteiger partial charge >= 0.3 is 0 Å². The van der Waals surface area contributed by atoms with E-state index < -0.39 is 5.91 Å². The van der Waals surface area contributed by atoms with E-state index in [1.807, 2.05) is 31.2 Å². The van der Waals surface area contributed by atoms with Gasteiger partial charge in [0.2, 0.25) is 5.78 Å². The van der Waals surface area contributed by atoms with Gasteiger partial charge < -0.3 is 19.9 Å². The van der Waals surface area contributed by atoms with Gasteiger partial charge in [-0.1, -0.05) is 12.1 Å². The van der Waals surface area contributed by atoms with Gasteiger partial charge in [0.25, 0.3) is 5.91 Å². The van der Waals surface area contributed by atoms with Gasteiger partial charge in [-0.2, -0.15) is 0 Å². The predicted octanol–water partition coefficient (Wildman–Crippen LogP) is 2.57. The molecule has 0 unspecified atom stereocenters. The largest absolute Gasteiger partial charge is 0.494 e. The van der Waals surface area contributed by atoms with Crippen LogP contribution in [-0.4, -0.2) is 24.9 Å². The molecule has 3 rings (SSSR count). The summed E-state index contributed by atoms with van der Waals surface area (Å²) in [6.45, 7) is 2.28. The van der Waals surface area contributed by atoms with Crippen molar-refractivity contribution in [1.29, 1.82) is 0 Å². The molecule has 6 heteroatoms. The molecule has 2 aromatic rings. The number of carbonyl (C=O) groups is 2. The Morgan fingerprint density at radius 1 is 1.12 bits per heavy atom. The first-order valence-corrected chi connectivity index (χ1v) is 7.79. The van der Waals surface area contributed by atoms with Gasteiger partial charge in [0.15, 0.2) is 12.4 Å². The molecule has 0 aromatic heterocycles. The Bertz CT molecular complexity index is 839. The first-order chi connectivity index (χ1) is 12.1. The summed E-state index contributed by atoms with van der Waals surface area (Å²) in [5.74, 6) is 1.02. The van der Waals surface area contributed by atoms with E-state index in [9.17, 15) is 9.59 Å². The van der Waals surface area contributed by atoms with Crippen molar-refractivity contribution in [3.8, 4) is 17.2 Å². The number of hydrogen-bond donors (Lipinski definition) is 1. The second-order valence-corrected chi connectivity index (χ2v) is 5.35. The number of carbonyl (C=O) groups excluding carboxylic acids is 2. The first kappa shape index (κ1) is 16.6. The minimum atomic E-state index is -0.575. The van der Waals surface area contributed by atoms with Gasteiger partial charge in [-0.3, -0.25) is 9.59 Å². The van der Waals surface area contributed by atoms with Crippen molar-refractivity contribution in [2.45, 2.75) is 6.92 Å². The van der Waals surface area contributed by atoms with Gasteiger partial charge in [0.1, 0.15) is 17.2 Å². The van der Waals surface area contributed by atoms with E-state index in [1.165, 1.54) is 0 Å². The molecule has 2 aromatic carbocycles. The van der Waals surface area contributed by atoms with Crippen LogP contribution >= 0.6 is 0 Å². The molecule has 0 saturated heterocycles. The third-order valence-corrected chi connectivity index (χ3v) is 3.51. The maximum Gasteiger partial charge on any atom is 0.255 e. The van der Waals surface area contributed by atoms with Crippen LogP contribution < -0.4 is 19.9 Å². The van der Waals surface area contributed by atoms with Crippen molar-refractivity contribution in [2.24, 2.45) is 5.73 Å². The number of ether oxygens (including phenoxy) is 3. The normalized spacial score (nSPS) is 14.1. The summed E-state index contributed by atoms with van der Waals surface area (Å²) < 4.78 is 16.2. The number of fused-ring (bicyclic) bond motifs is 1. The van der Waals surface area contributed by atoms with E-state index in [4.69, 9.17) is 19.9 Å². The van der Waals surface area contributed by atoms with Crippen LogP contribution in [0.2, 0.25) is 0 Å². The van der Waals surface area contributed by atoms with Crippen LogP contribution in [0.1, 0.15) is 22.8 Å². The summed E-state index contributed by atoms with van der Waals surface area (Å²) >= 11 is 0. The third kappa shape index (κ3) is 3.80. The highest BCUT2D eigenvalue weighted by Gasteiger charge is 2.27. The summed E-state index contributed by atoms with van der Waals surface area (Å²) in [7, 11) is 0. The molecule has 2 N–H and O–H groups in total. The number of hydrogen-bond acceptors (Lipinski definition) is 5. The SMILES string of the molecule is CCOc1ccc(/C=C2\Oc3cc(OCC(N)=O)ccc3C2=O)cc1. The molecule has 0 saturated carbocycles. The number of primary amides is 1. The fourth-order valence-electron chi connectivity index (χ4n) is 2.39. The zero-order valence-corrected chi connectivity index (χ0v) is 13.7. The van der Waals surface area contributed by atoms with Gasteiger partial charge in [-0.15, -0.1) is 0 Å². The molecule has 6 nitrogen and oxygen atoms in total. The van der Waals surface area contributed by atoms with Gasteiger partial charge in [0.05, 0.1) is 12.2 Å². The lowest BCUT2D eigenvalue weighted by Crippen LogP contribution is -2.19. The average molecular weight is 339 g/mol. The van der Waals surface area contributed by atoms with E-state index in [2.05, 4.69) is 0 Å². The molecule has 1 aliphatic rings. The molecule has 0 bridgehead atoms. The summed E-state index contributed by atoms with van der Waals surface area (Å²) in [4.78, 5) is 23.2. The maximum absolute atomic E-state index is 12.4.